The second-order valence-electron chi connectivity index (χ2n) is 4.91. The average molecular weight is 361 g/mol. The topological polar surface area (TPSA) is 50.7 Å². The van der Waals surface area contributed by atoms with Gasteiger partial charge in [-0.1, -0.05) is 45.8 Å². The molecule has 2 rings (SSSR count). The molecule has 0 fully saturated rings. The monoisotopic (exact) mass is 360 g/mol. The summed E-state index contributed by atoms with van der Waals surface area (Å²) in [6, 6.07) is 13.4. The molecule has 114 valence electrons. The molecule has 0 unspecified atom stereocenters. The fourth-order valence-electron chi connectivity index (χ4n) is 1.82. The van der Waals surface area contributed by atoms with Crippen LogP contribution in [0.3, 0.4) is 0 Å². The number of amides is 1. The van der Waals surface area contributed by atoms with Crippen LogP contribution >= 0.6 is 15.9 Å². The van der Waals surface area contributed by atoms with Gasteiger partial charge in [0.25, 0.3) is 5.91 Å². The molecule has 0 aliphatic heterocycles. The quantitative estimate of drug-likeness (QED) is 0.654. The first kappa shape index (κ1) is 16.2. The first-order chi connectivity index (χ1) is 10.5. The Morgan fingerprint density at radius 1 is 1.27 bits per heavy atom. The van der Waals surface area contributed by atoms with Crippen LogP contribution in [-0.2, 0) is 4.79 Å². The van der Waals surface area contributed by atoms with Crippen molar-refractivity contribution in [1.82, 2.24) is 5.43 Å². The SMILES string of the molecule is Cc1cccc(C=NNC(=O)COc2ccc(Br)c(C)c2)c1. The Morgan fingerprint density at radius 3 is 2.82 bits per heavy atom. The molecule has 1 amide bonds. The molecular formula is C17H17BrN2O2. The van der Waals surface area contributed by atoms with Crippen molar-refractivity contribution in [2.45, 2.75) is 13.8 Å². The number of aryl methyl sites for hydroxylation is 2. The summed E-state index contributed by atoms with van der Waals surface area (Å²) in [6.07, 6.45) is 1.61. The summed E-state index contributed by atoms with van der Waals surface area (Å²) in [6.45, 7) is 3.89. The van der Waals surface area contributed by atoms with Crippen LogP contribution in [-0.4, -0.2) is 18.7 Å². The molecule has 2 aromatic rings. The lowest BCUT2D eigenvalue weighted by molar-refractivity contribution is -0.123. The van der Waals surface area contributed by atoms with Crippen molar-refractivity contribution in [3.8, 4) is 5.75 Å². The van der Waals surface area contributed by atoms with E-state index in [4.69, 9.17) is 4.74 Å². The molecule has 0 radical (unpaired) electrons. The van der Waals surface area contributed by atoms with Crippen LogP contribution in [0.25, 0.3) is 0 Å². The van der Waals surface area contributed by atoms with Crippen molar-refractivity contribution in [2.75, 3.05) is 6.61 Å². The molecule has 1 N–H and O–H groups in total. The molecule has 0 aromatic heterocycles. The molecule has 0 saturated carbocycles. The van der Waals surface area contributed by atoms with Gasteiger partial charge in [-0.15, -0.1) is 0 Å². The summed E-state index contributed by atoms with van der Waals surface area (Å²) in [5.74, 6) is 0.350. The van der Waals surface area contributed by atoms with Gasteiger partial charge in [-0.25, -0.2) is 5.43 Å². The van der Waals surface area contributed by atoms with Gasteiger partial charge in [0.15, 0.2) is 6.61 Å². The highest BCUT2D eigenvalue weighted by molar-refractivity contribution is 9.10. The van der Waals surface area contributed by atoms with Crippen LogP contribution < -0.4 is 10.2 Å². The highest BCUT2D eigenvalue weighted by Crippen LogP contribution is 2.21. The van der Waals surface area contributed by atoms with Gasteiger partial charge in [-0.2, -0.15) is 5.10 Å². The number of rotatable bonds is 5. The van der Waals surface area contributed by atoms with Crippen molar-refractivity contribution >= 4 is 28.1 Å². The van der Waals surface area contributed by atoms with E-state index in [0.717, 1.165) is 21.2 Å². The zero-order valence-corrected chi connectivity index (χ0v) is 14.1. The van der Waals surface area contributed by atoms with Crippen molar-refractivity contribution < 1.29 is 9.53 Å². The van der Waals surface area contributed by atoms with E-state index in [2.05, 4.69) is 26.5 Å². The molecule has 5 heteroatoms. The maximum atomic E-state index is 11.7. The average Bonchev–Trinajstić information content (AvgIpc) is 2.48. The molecule has 0 aliphatic rings. The van der Waals surface area contributed by atoms with E-state index in [0.29, 0.717) is 5.75 Å². The maximum Gasteiger partial charge on any atom is 0.277 e. The third-order valence-electron chi connectivity index (χ3n) is 2.94. The van der Waals surface area contributed by atoms with E-state index >= 15 is 0 Å². The highest BCUT2D eigenvalue weighted by Gasteiger charge is 2.03. The van der Waals surface area contributed by atoms with Gasteiger partial charge in [0.1, 0.15) is 5.75 Å². The smallest absolute Gasteiger partial charge is 0.277 e. The minimum atomic E-state index is -0.301. The summed E-state index contributed by atoms with van der Waals surface area (Å²) in [7, 11) is 0. The van der Waals surface area contributed by atoms with Gasteiger partial charge in [-0.3, -0.25) is 4.79 Å². The summed E-state index contributed by atoms with van der Waals surface area (Å²) < 4.78 is 6.43. The van der Waals surface area contributed by atoms with E-state index in [1.165, 1.54) is 0 Å². The summed E-state index contributed by atoms with van der Waals surface area (Å²) >= 11 is 3.42. The molecule has 2 aromatic carbocycles. The molecule has 0 aliphatic carbocycles. The fraction of sp³-hybridized carbons (Fsp3) is 0.176. The number of carbonyl (C=O) groups is 1. The second-order valence-corrected chi connectivity index (χ2v) is 5.76. The molecule has 4 nitrogen and oxygen atoms in total. The Hall–Kier alpha value is -2.14. The van der Waals surface area contributed by atoms with E-state index in [1.807, 2.05) is 50.2 Å². The standard InChI is InChI=1S/C17H17BrN2O2/c1-12-4-3-5-14(8-12)10-19-20-17(21)11-22-15-6-7-16(18)13(2)9-15/h3-10H,11H2,1-2H3,(H,20,21). The predicted octanol–water partition coefficient (Wildman–Crippen LogP) is 3.60. The lowest BCUT2D eigenvalue weighted by Crippen LogP contribution is -2.24. The van der Waals surface area contributed by atoms with E-state index in [9.17, 15) is 4.79 Å². The summed E-state index contributed by atoms with van der Waals surface area (Å²) in [5.41, 5.74) is 5.57. The van der Waals surface area contributed by atoms with Crippen LogP contribution in [0.1, 0.15) is 16.7 Å². The number of ether oxygens (including phenoxy) is 1. The molecule has 0 saturated heterocycles. The van der Waals surface area contributed by atoms with Gasteiger partial charge in [0, 0.05) is 4.47 Å². The summed E-state index contributed by atoms with van der Waals surface area (Å²) in [5, 5.41) is 3.91. The zero-order valence-electron chi connectivity index (χ0n) is 12.5. The van der Waals surface area contributed by atoms with Crippen LogP contribution in [0, 0.1) is 13.8 Å². The van der Waals surface area contributed by atoms with Gasteiger partial charge < -0.3 is 4.74 Å². The van der Waals surface area contributed by atoms with Gasteiger partial charge in [0.05, 0.1) is 6.21 Å². The Bertz CT molecular complexity index is 699. The number of nitrogens with one attached hydrogen (secondary N) is 1. The molecule has 0 spiro atoms. The third-order valence-corrected chi connectivity index (χ3v) is 3.83. The van der Waals surface area contributed by atoms with E-state index < -0.39 is 0 Å². The Balaban J connectivity index is 1.81. The number of hydrogen-bond donors (Lipinski definition) is 1. The number of carbonyl (C=O) groups excluding carboxylic acids is 1. The largest absolute Gasteiger partial charge is 0.484 e. The molecule has 0 atom stereocenters. The van der Waals surface area contributed by atoms with Crippen molar-refractivity contribution in [1.29, 1.82) is 0 Å². The van der Waals surface area contributed by atoms with Gasteiger partial charge in [-0.05, 0) is 43.2 Å². The Morgan fingerprint density at radius 2 is 2.09 bits per heavy atom. The lowest BCUT2D eigenvalue weighted by Gasteiger charge is -2.06. The molecule has 22 heavy (non-hydrogen) atoms. The number of hydrazone groups is 1. The third kappa shape index (κ3) is 5.00. The van der Waals surface area contributed by atoms with Gasteiger partial charge >= 0.3 is 0 Å². The Labute approximate surface area is 138 Å². The normalized spacial score (nSPS) is 10.7. The lowest BCUT2D eigenvalue weighted by atomic mass is 10.2. The van der Waals surface area contributed by atoms with Crippen molar-refractivity contribution in [3.63, 3.8) is 0 Å². The second kappa shape index (κ2) is 7.75. The first-order valence-corrected chi connectivity index (χ1v) is 7.61. The maximum absolute atomic E-state index is 11.7. The van der Waals surface area contributed by atoms with Crippen LogP contribution in [0.4, 0.5) is 0 Å². The predicted molar refractivity (Wildman–Crippen MR) is 91.3 cm³/mol. The van der Waals surface area contributed by atoms with Crippen LogP contribution in [0.15, 0.2) is 52.0 Å². The van der Waals surface area contributed by atoms with E-state index in [1.54, 1.807) is 12.3 Å². The van der Waals surface area contributed by atoms with Crippen LogP contribution in [0.2, 0.25) is 0 Å². The van der Waals surface area contributed by atoms with Crippen molar-refractivity contribution in [2.24, 2.45) is 5.10 Å². The zero-order chi connectivity index (χ0) is 15.9. The first-order valence-electron chi connectivity index (χ1n) is 6.82. The number of benzene rings is 2. The fourth-order valence-corrected chi connectivity index (χ4v) is 2.06. The summed E-state index contributed by atoms with van der Waals surface area (Å²) in [4.78, 5) is 11.7. The molecule has 0 heterocycles. The number of halogens is 1. The number of hydrogen-bond acceptors (Lipinski definition) is 3. The highest BCUT2D eigenvalue weighted by atomic mass is 79.9. The van der Waals surface area contributed by atoms with Crippen molar-refractivity contribution in [3.05, 3.63) is 63.6 Å². The number of nitrogens with zero attached hydrogens (tertiary/aromatic N) is 1. The minimum Gasteiger partial charge on any atom is -0.484 e. The van der Waals surface area contributed by atoms with E-state index in [-0.39, 0.29) is 12.5 Å². The Kier molecular flexibility index (Phi) is 5.72. The minimum absolute atomic E-state index is 0.0772. The molecule has 0 bridgehead atoms. The molecular weight excluding hydrogens is 344 g/mol. The van der Waals surface area contributed by atoms with Gasteiger partial charge in [0.2, 0.25) is 0 Å². The van der Waals surface area contributed by atoms with Crippen LogP contribution in [0.5, 0.6) is 5.75 Å².